The fourth-order valence-electron chi connectivity index (χ4n) is 2.65. The summed E-state index contributed by atoms with van der Waals surface area (Å²) in [6, 6.07) is 7.79. The van der Waals surface area contributed by atoms with Gasteiger partial charge in [0.2, 0.25) is 0 Å². The highest BCUT2D eigenvalue weighted by molar-refractivity contribution is 5.84. The van der Waals surface area contributed by atoms with Crippen molar-refractivity contribution in [2.45, 2.75) is 6.04 Å². The van der Waals surface area contributed by atoms with Crippen molar-refractivity contribution in [1.29, 1.82) is 0 Å². The minimum absolute atomic E-state index is 0.00995. The highest BCUT2D eigenvalue weighted by atomic mass is 16.2. The molecular weight excluding hydrogens is 228 g/mol. The number of hydrogen-bond acceptors (Lipinski definition) is 2. The molecule has 5 heteroatoms. The highest BCUT2D eigenvalue weighted by Gasteiger charge is 2.27. The number of nitrogens with two attached hydrogens (primary N) is 1. The number of nitrogens with one attached hydrogen (secondary N) is 2. The van der Waals surface area contributed by atoms with Gasteiger partial charge in [-0.15, -0.1) is 0 Å². The molecule has 18 heavy (non-hydrogen) atoms. The number of urea groups is 1. The summed E-state index contributed by atoms with van der Waals surface area (Å²) in [5.74, 6) is 0. The van der Waals surface area contributed by atoms with E-state index in [0.717, 1.165) is 29.6 Å². The van der Waals surface area contributed by atoms with Gasteiger partial charge in [0.05, 0.1) is 6.04 Å². The van der Waals surface area contributed by atoms with Crippen LogP contribution in [0.2, 0.25) is 0 Å². The summed E-state index contributed by atoms with van der Waals surface area (Å²) in [5, 5.41) is 4.47. The van der Waals surface area contributed by atoms with Crippen LogP contribution in [0, 0.1) is 0 Å². The summed E-state index contributed by atoms with van der Waals surface area (Å²) >= 11 is 0. The molecule has 1 unspecified atom stereocenters. The van der Waals surface area contributed by atoms with Crippen molar-refractivity contribution >= 4 is 16.9 Å². The fourth-order valence-corrected chi connectivity index (χ4v) is 2.65. The Labute approximate surface area is 105 Å². The van der Waals surface area contributed by atoms with Crippen molar-refractivity contribution in [3.8, 4) is 0 Å². The lowest BCUT2D eigenvalue weighted by atomic mass is 10.00. The number of nitrogens with zero attached hydrogens (tertiary/aromatic N) is 1. The van der Waals surface area contributed by atoms with Crippen LogP contribution in [-0.4, -0.2) is 35.5 Å². The summed E-state index contributed by atoms with van der Waals surface area (Å²) in [6.45, 7) is 2.19. The molecule has 1 aromatic heterocycles. The van der Waals surface area contributed by atoms with Crippen LogP contribution in [0.15, 0.2) is 30.5 Å². The summed E-state index contributed by atoms with van der Waals surface area (Å²) in [5.41, 5.74) is 7.69. The van der Waals surface area contributed by atoms with E-state index in [2.05, 4.69) is 16.4 Å². The number of benzene rings is 1. The van der Waals surface area contributed by atoms with Gasteiger partial charge in [-0.25, -0.2) is 4.79 Å². The summed E-state index contributed by atoms with van der Waals surface area (Å²) < 4.78 is 0. The largest absolute Gasteiger partial charge is 0.361 e. The number of H-pyrrole nitrogens is 1. The first-order valence-electron chi connectivity index (χ1n) is 6.10. The minimum Gasteiger partial charge on any atom is -0.361 e. The smallest absolute Gasteiger partial charge is 0.315 e. The maximum atomic E-state index is 11.5. The Kier molecular flexibility index (Phi) is 2.68. The third-order valence-electron chi connectivity index (χ3n) is 3.51. The minimum atomic E-state index is -0.353. The van der Waals surface area contributed by atoms with Crippen LogP contribution in [0.3, 0.4) is 0 Å². The first kappa shape index (κ1) is 11.1. The molecule has 0 saturated carbocycles. The van der Waals surface area contributed by atoms with Crippen LogP contribution in [-0.2, 0) is 0 Å². The lowest BCUT2D eigenvalue weighted by Gasteiger charge is -2.35. The number of carbonyl (C=O) groups is 1. The zero-order valence-electron chi connectivity index (χ0n) is 10.0. The Morgan fingerprint density at radius 2 is 2.28 bits per heavy atom. The van der Waals surface area contributed by atoms with Crippen LogP contribution in [0.25, 0.3) is 10.9 Å². The molecule has 1 saturated heterocycles. The SMILES string of the molecule is NC(=O)N1CCNCC1c1cccc2[nH]ccc12. The molecule has 5 nitrogen and oxygen atoms in total. The summed E-state index contributed by atoms with van der Waals surface area (Å²) in [4.78, 5) is 16.4. The van der Waals surface area contributed by atoms with E-state index in [1.165, 1.54) is 0 Å². The summed E-state index contributed by atoms with van der Waals surface area (Å²) in [6.07, 6.45) is 1.92. The quantitative estimate of drug-likeness (QED) is 0.705. The predicted molar refractivity (Wildman–Crippen MR) is 70.2 cm³/mol. The Morgan fingerprint density at radius 1 is 1.39 bits per heavy atom. The molecule has 1 atom stereocenters. The van der Waals surface area contributed by atoms with Gasteiger partial charge in [-0.3, -0.25) is 0 Å². The van der Waals surface area contributed by atoms with Gasteiger partial charge < -0.3 is 20.9 Å². The number of amides is 2. The Bertz CT molecular complexity index is 577. The molecule has 2 heterocycles. The molecule has 2 amide bonds. The number of rotatable bonds is 1. The number of primary amides is 1. The van der Waals surface area contributed by atoms with Gasteiger partial charge in [-0.2, -0.15) is 0 Å². The third-order valence-corrected chi connectivity index (χ3v) is 3.51. The maximum Gasteiger partial charge on any atom is 0.315 e. The van der Waals surface area contributed by atoms with E-state index in [1.54, 1.807) is 4.90 Å². The Hall–Kier alpha value is -2.01. The molecule has 0 aliphatic carbocycles. The van der Waals surface area contributed by atoms with E-state index < -0.39 is 0 Å². The van der Waals surface area contributed by atoms with Crippen molar-refractivity contribution in [3.05, 3.63) is 36.0 Å². The van der Waals surface area contributed by atoms with Crippen LogP contribution in [0.4, 0.5) is 4.79 Å². The van der Waals surface area contributed by atoms with Crippen molar-refractivity contribution in [1.82, 2.24) is 15.2 Å². The number of hydrogen-bond donors (Lipinski definition) is 3. The van der Waals surface area contributed by atoms with Gasteiger partial charge in [-0.1, -0.05) is 12.1 Å². The van der Waals surface area contributed by atoms with Gasteiger partial charge in [0.15, 0.2) is 0 Å². The first-order chi connectivity index (χ1) is 8.77. The van der Waals surface area contributed by atoms with E-state index in [0.29, 0.717) is 6.54 Å². The molecule has 1 fully saturated rings. The molecule has 1 aliphatic heterocycles. The Morgan fingerprint density at radius 3 is 3.11 bits per heavy atom. The highest BCUT2D eigenvalue weighted by Crippen LogP contribution is 2.28. The molecule has 3 rings (SSSR count). The number of fused-ring (bicyclic) bond motifs is 1. The average molecular weight is 244 g/mol. The van der Waals surface area contributed by atoms with E-state index in [1.807, 2.05) is 24.4 Å². The lowest BCUT2D eigenvalue weighted by molar-refractivity contribution is 0.168. The molecule has 0 radical (unpaired) electrons. The van der Waals surface area contributed by atoms with E-state index in [9.17, 15) is 4.79 Å². The second kappa shape index (κ2) is 4.34. The van der Waals surface area contributed by atoms with Crippen molar-refractivity contribution in [3.63, 3.8) is 0 Å². The van der Waals surface area contributed by atoms with Crippen molar-refractivity contribution in [2.75, 3.05) is 19.6 Å². The normalized spacial score (nSPS) is 20.2. The van der Waals surface area contributed by atoms with Gasteiger partial charge >= 0.3 is 6.03 Å². The van der Waals surface area contributed by atoms with Crippen LogP contribution >= 0.6 is 0 Å². The standard InChI is InChI=1S/C13H16N4O/c14-13(18)17-7-6-15-8-12(17)10-2-1-3-11-9(10)4-5-16-11/h1-5,12,15-16H,6-8H2,(H2,14,18). The van der Waals surface area contributed by atoms with Crippen LogP contribution in [0.1, 0.15) is 11.6 Å². The molecule has 1 aromatic carbocycles. The van der Waals surface area contributed by atoms with Gasteiger partial charge in [0.1, 0.15) is 0 Å². The average Bonchev–Trinajstić information content (AvgIpc) is 2.86. The van der Waals surface area contributed by atoms with Crippen LogP contribution < -0.4 is 11.1 Å². The molecular formula is C13H16N4O. The van der Waals surface area contributed by atoms with Gasteiger partial charge in [-0.05, 0) is 17.7 Å². The fraction of sp³-hybridized carbons (Fsp3) is 0.308. The summed E-state index contributed by atoms with van der Waals surface area (Å²) in [7, 11) is 0. The van der Waals surface area contributed by atoms with E-state index >= 15 is 0 Å². The number of aromatic nitrogens is 1. The maximum absolute atomic E-state index is 11.5. The third kappa shape index (κ3) is 1.73. The van der Waals surface area contributed by atoms with Gasteiger partial charge in [0.25, 0.3) is 0 Å². The van der Waals surface area contributed by atoms with Crippen molar-refractivity contribution in [2.24, 2.45) is 5.73 Å². The van der Waals surface area contributed by atoms with E-state index in [-0.39, 0.29) is 12.1 Å². The monoisotopic (exact) mass is 244 g/mol. The predicted octanol–water partition coefficient (Wildman–Crippen LogP) is 1.19. The molecule has 4 N–H and O–H groups in total. The van der Waals surface area contributed by atoms with Gasteiger partial charge in [0, 0.05) is 36.7 Å². The van der Waals surface area contributed by atoms with Crippen molar-refractivity contribution < 1.29 is 4.79 Å². The lowest BCUT2D eigenvalue weighted by Crippen LogP contribution is -2.50. The zero-order chi connectivity index (χ0) is 12.5. The topological polar surface area (TPSA) is 74.2 Å². The number of carbonyl (C=O) groups excluding carboxylic acids is 1. The molecule has 0 bridgehead atoms. The molecule has 0 spiro atoms. The van der Waals surface area contributed by atoms with E-state index in [4.69, 9.17) is 5.73 Å². The second-order valence-electron chi connectivity index (χ2n) is 4.54. The first-order valence-corrected chi connectivity index (χ1v) is 6.10. The number of aromatic amines is 1. The molecule has 1 aliphatic rings. The number of piperazine rings is 1. The zero-order valence-corrected chi connectivity index (χ0v) is 10.0. The molecule has 2 aromatic rings. The van der Waals surface area contributed by atoms with Crippen LogP contribution in [0.5, 0.6) is 0 Å². The second-order valence-corrected chi connectivity index (χ2v) is 4.54. The molecule has 94 valence electrons. The Balaban J connectivity index is 2.06.